The highest BCUT2D eigenvalue weighted by Crippen LogP contribution is 2.21. The van der Waals surface area contributed by atoms with E-state index >= 15 is 0 Å². The highest BCUT2D eigenvalue weighted by Gasteiger charge is 2.16. The Balaban J connectivity index is 1.74. The van der Waals surface area contributed by atoms with Gasteiger partial charge in [0.25, 0.3) is 5.88 Å². The van der Waals surface area contributed by atoms with Crippen molar-refractivity contribution in [1.29, 1.82) is 0 Å². The van der Waals surface area contributed by atoms with Crippen LogP contribution in [0.4, 0.5) is 0 Å². The molecule has 0 atom stereocenters. The number of hydrogen-bond acceptors (Lipinski definition) is 5. The molecule has 2 aromatic heterocycles. The quantitative estimate of drug-likeness (QED) is 0.629. The third kappa shape index (κ3) is 2.94. The van der Waals surface area contributed by atoms with Gasteiger partial charge in [0.2, 0.25) is 5.69 Å². The fourth-order valence-electron chi connectivity index (χ4n) is 1.62. The number of aromatic carboxylic acids is 1. The molecule has 3 N–H and O–H groups in total. The zero-order chi connectivity index (χ0) is 15.4. The monoisotopic (exact) mass is 295 g/mol. The third-order valence-electron chi connectivity index (χ3n) is 2.64. The summed E-state index contributed by atoms with van der Waals surface area (Å²) in [7, 11) is 0. The van der Waals surface area contributed by atoms with Gasteiger partial charge in [-0.2, -0.15) is 5.10 Å². The Hall–Kier alpha value is -3.60. The van der Waals surface area contributed by atoms with Gasteiger partial charge in [0.1, 0.15) is 5.75 Å². The largest absolute Gasteiger partial charge is 0.476 e. The molecule has 0 bridgehead atoms. The smallest absolute Gasteiger partial charge is 0.362 e. The van der Waals surface area contributed by atoms with Crippen LogP contribution >= 0.6 is 0 Å². The number of H-pyrrole nitrogens is 2. The summed E-state index contributed by atoms with van der Waals surface area (Å²) in [5.74, 6) is 5.12. The van der Waals surface area contributed by atoms with Crippen molar-refractivity contribution in [3.63, 3.8) is 0 Å². The van der Waals surface area contributed by atoms with Crippen LogP contribution in [-0.4, -0.2) is 36.7 Å². The van der Waals surface area contributed by atoms with Gasteiger partial charge in [-0.25, -0.2) is 9.89 Å². The van der Waals surface area contributed by atoms with Crippen LogP contribution in [0.15, 0.2) is 36.7 Å². The molecule has 0 saturated heterocycles. The number of nitrogens with one attached hydrogen (secondary N) is 2. The van der Waals surface area contributed by atoms with Crippen LogP contribution in [0.3, 0.4) is 0 Å². The number of carboxylic acid groups (broad SMARTS) is 1. The second kappa shape index (κ2) is 5.80. The molecular formula is C14H9N5O3. The summed E-state index contributed by atoms with van der Waals surface area (Å²) in [6, 6.07) is 6.86. The summed E-state index contributed by atoms with van der Waals surface area (Å²) in [5, 5.41) is 24.6. The van der Waals surface area contributed by atoms with Gasteiger partial charge in [0.15, 0.2) is 0 Å². The fraction of sp³-hybridized carbons (Fsp3) is 0. The molecule has 0 radical (unpaired) electrons. The first-order chi connectivity index (χ1) is 10.7. The average molecular weight is 295 g/mol. The second-order valence-electron chi connectivity index (χ2n) is 4.16. The Morgan fingerprint density at radius 3 is 2.64 bits per heavy atom. The minimum absolute atomic E-state index is 0.0234. The van der Waals surface area contributed by atoms with Crippen molar-refractivity contribution >= 4 is 5.97 Å². The van der Waals surface area contributed by atoms with E-state index in [0.29, 0.717) is 5.75 Å². The third-order valence-corrected chi connectivity index (χ3v) is 2.64. The van der Waals surface area contributed by atoms with Crippen molar-refractivity contribution in [2.24, 2.45) is 0 Å². The van der Waals surface area contributed by atoms with E-state index in [9.17, 15) is 4.79 Å². The first-order valence-corrected chi connectivity index (χ1v) is 6.15. The van der Waals surface area contributed by atoms with Crippen LogP contribution < -0.4 is 4.74 Å². The fourth-order valence-corrected chi connectivity index (χ4v) is 1.62. The molecular weight excluding hydrogens is 286 g/mol. The maximum atomic E-state index is 10.9. The molecule has 1 aromatic carbocycles. The van der Waals surface area contributed by atoms with Gasteiger partial charge >= 0.3 is 5.97 Å². The van der Waals surface area contributed by atoms with E-state index in [1.807, 2.05) is 0 Å². The van der Waals surface area contributed by atoms with Crippen molar-refractivity contribution in [3.8, 4) is 23.5 Å². The zero-order valence-electron chi connectivity index (χ0n) is 11.1. The van der Waals surface area contributed by atoms with Crippen LogP contribution in [0.2, 0.25) is 0 Å². The lowest BCUT2D eigenvalue weighted by molar-refractivity contribution is 0.0687. The van der Waals surface area contributed by atoms with Crippen molar-refractivity contribution < 1.29 is 14.6 Å². The van der Waals surface area contributed by atoms with Gasteiger partial charge in [0.05, 0.1) is 11.8 Å². The summed E-state index contributed by atoms with van der Waals surface area (Å²) in [6.07, 6.45) is 3.33. The second-order valence-corrected chi connectivity index (χ2v) is 4.16. The van der Waals surface area contributed by atoms with E-state index in [-0.39, 0.29) is 11.6 Å². The predicted molar refractivity (Wildman–Crippen MR) is 74.4 cm³/mol. The first-order valence-electron chi connectivity index (χ1n) is 6.15. The number of nitrogens with zero attached hydrogens (tertiary/aromatic N) is 3. The molecule has 3 aromatic rings. The van der Waals surface area contributed by atoms with Crippen LogP contribution in [0.5, 0.6) is 11.6 Å². The molecule has 0 aliphatic heterocycles. The van der Waals surface area contributed by atoms with E-state index in [1.54, 1.807) is 36.7 Å². The number of ether oxygens (including phenoxy) is 1. The number of aromatic amines is 2. The Labute approximate surface area is 124 Å². The highest BCUT2D eigenvalue weighted by atomic mass is 16.5. The maximum Gasteiger partial charge on any atom is 0.362 e. The number of carbonyl (C=O) groups is 1. The van der Waals surface area contributed by atoms with Gasteiger partial charge in [0, 0.05) is 11.8 Å². The van der Waals surface area contributed by atoms with Crippen molar-refractivity contribution in [3.05, 3.63) is 53.5 Å². The lowest BCUT2D eigenvalue weighted by Gasteiger charge is -2.02. The van der Waals surface area contributed by atoms with E-state index in [4.69, 9.17) is 9.84 Å². The van der Waals surface area contributed by atoms with Crippen LogP contribution in [0, 0.1) is 11.8 Å². The molecule has 0 unspecified atom stereocenters. The summed E-state index contributed by atoms with van der Waals surface area (Å²) in [4.78, 5) is 10.9. The van der Waals surface area contributed by atoms with Crippen LogP contribution in [0.25, 0.3) is 0 Å². The molecule has 8 heteroatoms. The van der Waals surface area contributed by atoms with Gasteiger partial charge in [-0.3, -0.25) is 5.10 Å². The Bertz CT molecular complexity index is 841. The summed E-state index contributed by atoms with van der Waals surface area (Å²) in [5.41, 5.74) is 1.30. The molecule has 0 fully saturated rings. The molecule has 3 rings (SSSR count). The van der Waals surface area contributed by atoms with Gasteiger partial charge in [-0.15, -0.1) is 5.10 Å². The number of rotatable bonds is 3. The van der Waals surface area contributed by atoms with E-state index in [0.717, 1.165) is 11.1 Å². The first kappa shape index (κ1) is 13.4. The molecule has 22 heavy (non-hydrogen) atoms. The number of hydrogen-bond donors (Lipinski definition) is 3. The molecule has 0 aliphatic rings. The van der Waals surface area contributed by atoms with Crippen LogP contribution in [-0.2, 0) is 0 Å². The molecule has 8 nitrogen and oxygen atoms in total. The molecule has 108 valence electrons. The average Bonchev–Trinajstić information content (AvgIpc) is 3.17. The molecule has 0 saturated carbocycles. The van der Waals surface area contributed by atoms with Gasteiger partial charge < -0.3 is 9.84 Å². The number of carboxylic acids is 1. The Morgan fingerprint density at radius 2 is 1.95 bits per heavy atom. The topological polar surface area (TPSA) is 117 Å². The van der Waals surface area contributed by atoms with E-state index in [1.165, 1.54) is 0 Å². The number of benzene rings is 1. The Kier molecular flexibility index (Phi) is 3.53. The van der Waals surface area contributed by atoms with Gasteiger partial charge in [-0.05, 0) is 24.3 Å². The maximum absolute atomic E-state index is 10.9. The normalized spacial score (nSPS) is 9.82. The highest BCUT2D eigenvalue weighted by molar-refractivity contribution is 5.87. The standard InChI is InChI=1S/C14H9N5O3/c20-14(21)12-13(18-19-17-12)22-11-5-3-9(4-6-11)1-2-10-7-15-16-8-10/h3-8H,(H,15,16)(H,20,21)(H,17,18,19). The van der Waals surface area contributed by atoms with Crippen molar-refractivity contribution in [2.45, 2.75) is 0 Å². The molecule has 0 aliphatic carbocycles. The van der Waals surface area contributed by atoms with E-state index < -0.39 is 5.97 Å². The molecule has 0 spiro atoms. The lowest BCUT2D eigenvalue weighted by atomic mass is 10.2. The number of aromatic nitrogens is 5. The minimum Gasteiger partial charge on any atom is -0.476 e. The lowest BCUT2D eigenvalue weighted by Crippen LogP contribution is -1.99. The summed E-state index contributed by atoms with van der Waals surface area (Å²) < 4.78 is 5.39. The van der Waals surface area contributed by atoms with Gasteiger partial charge in [-0.1, -0.05) is 17.1 Å². The summed E-state index contributed by atoms with van der Waals surface area (Å²) >= 11 is 0. The van der Waals surface area contributed by atoms with Crippen molar-refractivity contribution in [2.75, 3.05) is 0 Å². The molecule has 0 amide bonds. The minimum atomic E-state index is -1.22. The SMILES string of the molecule is O=C(O)c1nn[nH]c1Oc1ccc(C#Cc2cn[nH]c2)cc1. The summed E-state index contributed by atoms with van der Waals surface area (Å²) in [6.45, 7) is 0. The van der Waals surface area contributed by atoms with Crippen molar-refractivity contribution in [1.82, 2.24) is 25.6 Å². The predicted octanol–water partition coefficient (Wildman–Crippen LogP) is 1.42. The molecule has 2 heterocycles. The zero-order valence-corrected chi connectivity index (χ0v) is 11.1. The van der Waals surface area contributed by atoms with Crippen LogP contribution in [0.1, 0.15) is 21.6 Å². The van der Waals surface area contributed by atoms with E-state index in [2.05, 4.69) is 37.4 Å². The Morgan fingerprint density at radius 1 is 1.18 bits per heavy atom.